The maximum atomic E-state index is 12.8. The molecule has 0 atom stereocenters. The Bertz CT molecular complexity index is 976. The molecule has 27 heavy (non-hydrogen) atoms. The zero-order chi connectivity index (χ0) is 19.8. The number of rotatable bonds is 4. The molecule has 0 aliphatic heterocycles. The molecule has 0 spiro atoms. The Hall–Kier alpha value is -2.62. The Morgan fingerprint density at radius 2 is 1.89 bits per heavy atom. The summed E-state index contributed by atoms with van der Waals surface area (Å²) in [5, 5.41) is 10.3. The molecule has 1 aromatic carbocycles. The van der Waals surface area contributed by atoms with E-state index in [4.69, 9.17) is 0 Å². The van der Waals surface area contributed by atoms with E-state index in [0.717, 1.165) is 18.2 Å². The molecule has 0 unspecified atom stereocenters. The minimum atomic E-state index is -4.59. The monoisotopic (exact) mass is 441 g/mol. The van der Waals surface area contributed by atoms with Gasteiger partial charge in [0.05, 0.1) is 11.0 Å². The molecule has 0 bridgehead atoms. The first kappa shape index (κ1) is 19.2. The normalized spacial score (nSPS) is 11.6. The molecule has 3 aromatic rings. The first-order chi connectivity index (χ1) is 12.6. The van der Waals surface area contributed by atoms with Gasteiger partial charge in [-0.15, -0.1) is 0 Å². The van der Waals surface area contributed by atoms with E-state index in [9.17, 15) is 18.0 Å². The summed E-state index contributed by atoms with van der Waals surface area (Å²) in [6, 6.07) is 8.60. The number of hydrogen-bond acceptors (Lipinski definition) is 3. The molecule has 1 N–H and O–H groups in total. The van der Waals surface area contributed by atoms with Gasteiger partial charge in [0.2, 0.25) is 0 Å². The van der Waals surface area contributed by atoms with Gasteiger partial charge in [0.1, 0.15) is 5.69 Å². The van der Waals surface area contributed by atoms with Crippen LogP contribution < -0.4 is 5.32 Å². The van der Waals surface area contributed by atoms with Gasteiger partial charge in [-0.2, -0.15) is 23.4 Å². The topological polar surface area (TPSA) is 64.7 Å². The van der Waals surface area contributed by atoms with Crippen molar-refractivity contribution in [1.29, 1.82) is 0 Å². The van der Waals surface area contributed by atoms with Crippen LogP contribution in [-0.4, -0.2) is 25.5 Å². The van der Waals surface area contributed by atoms with Crippen molar-refractivity contribution in [1.82, 2.24) is 19.6 Å². The number of amides is 1. The average Bonchev–Trinajstić information content (AvgIpc) is 3.12. The average molecular weight is 442 g/mol. The number of carbonyl (C=O) groups is 1. The molecular weight excluding hydrogens is 427 g/mol. The van der Waals surface area contributed by atoms with Crippen LogP contribution in [0.1, 0.15) is 27.3 Å². The van der Waals surface area contributed by atoms with Crippen molar-refractivity contribution in [2.45, 2.75) is 19.6 Å². The summed E-state index contributed by atoms with van der Waals surface area (Å²) in [4.78, 5) is 12.2. The first-order valence-corrected chi connectivity index (χ1v) is 8.64. The van der Waals surface area contributed by atoms with Crippen LogP contribution >= 0.6 is 15.9 Å². The van der Waals surface area contributed by atoms with Crippen molar-refractivity contribution >= 4 is 27.7 Å². The van der Waals surface area contributed by atoms with E-state index >= 15 is 0 Å². The van der Waals surface area contributed by atoms with Crippen LogP contribution in [0.15, 0.2) is 41.0 Å². The maximum Gasteiger partial charge on any atom is 0.433 e. The number of aromatic nitrogens is 4. The second kappa shape index (κ2) is 7.18. The van der Waals surface area contributed by atoms with Crippen LogP contribution in [0, 0.1) is 6.92 Å². The highest BCUT2D eigenvalue weighted by atomic mass is 79.9. The van der Waals surface area contributed by atoms with E-state index in [-0.39, 0.29) is 11.5 Å². The van der Waals surface area contributed by atoms with Gasteiger partial charge in [-0.25, -0.2) is 0 Å². The fourth-order valence-corrected chi connectivity index (χ4v) is 2.87. The van der Waals surface area contributed by atoms with E-state index in [1.54, 1.807) is 10.9 Å². The van der Waals surface area contributed by atoms with Gasteiger partial charge in [0, 0.05) is 19.3 Å². The van der Waals surface area contributed by atoms with Gasteiger partial charge in [0.25, 0.3) is 5.91 Å². The second-order valence-electron chi connectivity index (χ2n) is 6.00. The van der Waals surface area contributed by atoms with Crippen LogP contribution in [0.2, 0.25) is 0 Å². The third kappa shape index (κ3) is 4.38. The molecule has 10 heteroatoms. The molecule has 0 aliphatic carbocycles. The SMILES string of the molecule is Cc1ccc(Cn2cc(Br)c(NC(=O)c3cc(C(F)(F)F)n(C)n3)n2)cc1. The molecule has 3 rings (SSSR count). The molecule has 0 saturated heterocycles. The zero-order valence-electron chi connectivity index (χ0n) is 14.4. The molecule has 0 aliphatic rings. The second-order valence-corrected chi connectivity index (χ2v) is 6.85. The van der Waals surface area contributed by atoms with Crippen LogP contribution in [0.25, 0.3) is 0 Å². The molecule has 0 fully saturated rings. The van der Waals surface area contributed by atoms with Gasteiger partial charge in [-0.05, 0) is 28.4 Å². The minimum Gasteiger partial charge on any atom is -0.303 e. The summed E-state index contributed by atoms with van der Waals surface area (Å²) in [6.45, 7) is 2.47. The van der Waals surface area contributed by atoms with E-state index in [0.29, 0.717) is 21.8 Å². The Kier molecular flexibility index (Phi) is 5.09. The molecule has 142 valence electrons. The fraction of sp³-hybridized carbons (Fsp3) is 0.235. The third-order valence-electron chi connectivity index (χ3n) is 3.82. The Morgan fingerprint density at radius 3 is 2.48 bits per heavy atom. The number of benzene rings is 1. The third-order valence-corrected chi connectivity index (χ3v) is 4.40. The fourth-order valence-electron chi connectivity index (χ4n) is 2.46. The highest BCUT2D eigenvalue weighted by molar-refractivity contribution is 9.10. The number of carbonyl (C=O) groups excluding carboxylic acids is 1. The van der Waals surface area contributed by atoms with Crippen molar-refractivity contribution in [3.8, 4) is 0 Å². The summed E-state index contributed by atoms with van der Waals surface area (Å²) in [6.07, 6.45) is -2.91. The number of anilines is 1. The molecular formula is C17H15BrF3N5O. The Morgan fingerprint density at radius 1 is 1.22 bits per heavy atom. The number of hydrogen-bond donors (Lipinski definition) is 1. The number of alkyl halides is 3. The van der Waals surface area contributed by atoms with Crippen LogP contribution in [-0.2, 0) is 19.8 Å². The van der Waals surface area contributed by atoms with E-state index in [2.05, 4.69) is 31.4 Å². The van der Waals surface area contributed by atoms with Gasteiger partial charge < -0.3 is 5.32 Å². The van der Waals surface area contributed by atoms with E-state index in [1.165, 1.54) is 0 Å². The maximum absolute atomic E-state index is 12.8. The molecule has 0 radical (unpaired) electrons. The van der Waals surface area contributed by atoms with Crippen molar-refractivity contribution in [2.75, 3.05) is 5.32 Å². The van der Waals surface area contributed by atoms with Gasteiger partial charge >= 0.3 is 6.18 Å². The van der Waals surface area contributed by atoms with Crippen molar-refractivity contribution in [3.63, 3.8) is 0 Å². The molecule has 1 amide bonds. The molecule has 6 nitrogen and oxygen atoms in total. The van der Waals surface area contributed by atoms with Crippen molar-refractivity contribution in [2.24, 2.45) is 7.05 Å². The smallest absolute Gasteiger partial charge is 0.303 e. The summed E-state index contributed by atoms with van der Waals surface area (Å²) in [5.41, 5.74) is 0.816. The van der Waals surface area contributed by atoms with Crippen molar-refractivity contribution < 1.29 is 18.0 Å². The predicted octanol–water partition coefficient (Wildman–Crippen LogP) is 4.01. The predicted molar refractivity (Wildman–Crippen MR) is 96.4 cm³/mol. The lowest BCUT2D eigenvalue weighted by Gasteiger charge is -2.04. The highest BCUT2D eigenvalue weighted by Gasteiger charge is 2.35. The van der Waals surface area contributed by atoms with Gasteiger partial charge in [-0.1, -0.05) is 29.8 Å². The number of halogens is 4. The van der Waals surface area contributed by atoms with Crippen molar-refractivity contribution in [3.05, 3.63) is 63.5 Å². The lowest BCUT2D eigenvalue weighted by Crippen LogP contribution is -2.14. The summed E-state index contributed by atoms with van der Waals surface area (Å²) in [7, 11) is 1.13. The standard InChI is InChI=1S/C17H15BrF3N5O/c1-10-3-5-11(6-4-10)8-26-9-12(18)15(24-26)22-16(27)13-7-14(17(19,20)21)25(2)23-13/h3-7,9H,8H2,1-2H3,(H,22,24,27). The molecule has 0 saturated carbocycles. The quantitative estimate of drug-likeness (QED) is 0.665. The number of nitrogens with zero attached hydrogens (tertiary/aromatic N) is 4. The van der Waals surface area contributed by atoms with Crippen LogP contribution in [0.3, 0.4) is 0 Å². The number of aryl methyl sites for hydroxylation is 2. The summed E-state index contributed by atoms with van der Waals surface area (Å²) in [5.74, 6) is -0.575. The Labute approximate surface area is 161 Å². The lowest BCUT2D eigenvalue weighted by molar-refractivity contribution is -0.143. The van der Waals surface area contributed by atoms with Crippen LogP contribution in [0.5, 0.6) is 0 Å². The minimum absolute atomic E-state index is 0.200. The lowest BCUT2D eigenvalue weighted by atomic mass is 10.1. The summed E-state index contributed by atoms with van der Waals surface area (Å²) >= 11 is 3.29. The molecule has 2 heterocycles. The Balaban J connectivity index is 1.75. The first-order valence-electron chi connectivity index (χ1n) is 7.84. The van der Waals surface area contributed by atoms with E-state index in [1.807, 2.05) is 31.2 Å². The largest absolute Gasteiger partial charge is 0.433 e. The van der Waals surface area contributed by atoms with Gasteiger partial charge in [0.15, 0.2) is 11.5 Å². The summed E-state index contributed by atoms with van der Waals surface area (Å²) < 4.78 is 41.3. The number of nitrogens with one attached hydrogen (secondary N) is 1. The zero-order valence-corrected chi connectivity index (χ0v) is 16.0. The van der Waals surface area contributed by atoms with E-state index < -0.39 is 17.8 Å². The van der Waals surface area contributed by atoms with Crippen LogP contribution in [0.4, 0.5) is 19.0 Å². The van der Waals surface area contributed by atoms with Gasteiger partial charge in [-0.3, -0.25) is 14.2 Å². The highest BCUT2D eigenvalue weighted by Crippen LogP contribution is 2.29. The molecule has 2 aromatic heterocycles.